The molecule has 7 unspecified atom stereocenters. The zero-order valence-electron chi connectivity index (χ0n) is 37.8. The summed E-state index contributed by atoms with van der Waals surface area (Å²) < 4.78 is 26.9. The van der Waals surface area contributed by atoms with Crippen molar-refractivity contribution in [3.8, 4) is 0 Å². The molecule has 1 heterocycles. The van der Waals surface area contributed by atoms with Crippen molar-refractivity contribution in [2.24, 2.45) is 58.2 Å². The molecule has 0 radical (unpaired) electrons. The number of aliphatic hydroxyl groups excluding tert-OH is 1. The van der Waals surface area contributed by atoms with Crippen molar-refractivity contribution in [1.29, 1.82) is 0 Å². The second kappa shape index (κ2) is 19.9. The van der Waals surface area contributed by atoms with E-state index in [9.17, 15) is 5.11 Å². The quantitative estimate of drug-likeness (QED) is 0.147. The van der Waals surface area contributed by atoms with E-state index in [-0.39, 0.29) is 12.2 Å². The van der Waals surface area contributed by atoms with E-state index >= 15 is 0 Å². The second-order valence-electron chi connectivity index (χ2n) is 21.3. The Labute approximate surface area is 363 Å². The van der Waals surface area contributed by atoms with Gasteiger partial charge in [-0.25, -0.2) is 0 Å². The molecule has 8 rings (SSSR count). The van der Waals surface area contributed by atoms with E-state index in [2.05, 4.69) is 83.1 Å². The lowest BCUT2D eigenvalue weighted by molar-refractivity contribution is -0.264. The molecule has 0 bridgehead atoms. The molecule has 3 aromatic carbocycles. The van der Waals surface area contributed by atoms with Gasteiger partial charge in [0.1, 0.15) is 24.4 Å². The van der Waals surface area contributed by atoms with Crippen molar-refractivity contribution >= 4 is 0 Å². The summed E-state index contributed by atoms with van der Waals surface area (Å²) in [5.74, 6) is 6.57. The van der Waals surface area contributed by atoms with Crippen LogP contribution < -0.4 is 0 Å². The molecule has 5 fully saturated rings. The highest BCUT2D eigenvalue weighted by molar-refractivity contribution is 5.16. The van der Waals surface area contributed by atoms with Crippen LogP contribution in [0.2, 0.25) is 0 Å². The summed E-state index contributed by atoms with van der Waals surface area (Å²) in [4.78, 5) is 0. The molecule has 0 amide bonds. The molecule has 3 aromatic rings. The monoisotopic (exact) mass is 819 g/mol. The van der Waals surface area contributed by atoms with E-state index in [0.717, 1.165) is 64.5 Å². The predicted molar refractivity (Wildman–Crippen MR) is 242 cm³/mol. The van der Waals surface area contributed by atoms with E-state index in [1.807, 2.05) is 42.5 Å². The number of hydrogen-bond acceptors (Lipinski definition) is 5. The van der Waals surface area contributed by atoms with Crippen LogP contribution in [-0.4, -0.2) is 42.2 Å². The Morgan fingerprint density at radius 1 is 0.650 bits per heavy atom. The van der Waals surface area contributed by atoms with Crippen molar-refractivity contribution in [3.05, 3.63) is 108 Å². The van der Waals surface area contributed by atoms with Crippen molar-refractivity contribution in [2.45, 2.75) is 168 Å². The van der Waals surface area contributed by atoms with Gasteiger partial charge in [0.25, 0.3) is 0 Å². The van der Waals surface area contributed by atoms with Crippen LogP contribution in [0.3, 0.4) is 0 Å². The number of benzene rings is 3. The first-order valence-corrected chi connectivity index (χ1v) is 24.4. The molecule has 5 nitrogen and oxygen atoms in total. The molecule has 328 valence electrons. The fourth-order valence-corrected chi connectivity index (χ4v) is 14.0. The predicted octanol–water partition coefficient (Wildman–Crippen LogP) is 12.6. The first-order valence-electron chi connectivity index (χ1n) is 24.4. The van der Waals surface area contributed by atoms with Crippen LogP contribution in [-0.2, 0) is 38.8 Å². The smallest absolute Gasteiger partial charge is 0.115 e. The summed E-state index contributed by atoms with van der Waals surface area (Å²) in [7, 11) is 0. The highest BCUT2D eigenvalue weighted by Crippen LogP contribution is 2.69. The fourth-order valence-electron chi connectivity index (χ4n) is 14.0. The molecule has 1 N–H and O–H groups in total. The van der Waals surface area contributed by atoms with Gasteiger partial charge in [-0.3, -0.25) is 0 Å². The number of ether oxygens (including phenoxy) is 4. The van der Waals surface area contributed by atoms with E-state index in [0.29, 0.717) is 43.2 Å². The van der Waals surface area contributed by atoms with Crippen LogP contribution in [0.4, 0.5) is 0 Å². The van der Waals surface area contributed by atoms with E-state index in [4.69, 9.17) is 18.9 Å². The Hall–Kier alpha value is -2.54. The molecule has 1 aliphatic heterocycles. The lowest BCUT2D eigenvalue weighted by Crippen LogP contribution is -2.61. The van der Waals surface area contributed by atoms with Gasteiger partial charge in [-0.1, -0.05) is 145 Å². The molecule has 60 heavy (non-hydrogen) atoms. The largest absolute Gasteiger partial charge is 0.388 e. The first-order chi connectivity index (χ1) is 29.1. The summed E-state index contributed by atoms with van der Waals surface area (Å²) >= 11 is 0. The third-order valence-electron chi connectivity index (χ3n) is 17.3. The molecule has 4 aliphatic carbocycles. The Kier molecular flexibility index (Phi) is 14.6. The number of fused-ring (bicyclic) bond motifs is 5. The molecule has 4 saturated carbocycles. The minimum absolute atomic E-state index is 0.341. The van der Waals surface area contributed by atoms with Gasteiger partial charge in [0.15, 0.2) is 0 Å². The van der Waals surface area contributed by atoms with Crippen LogP contribution in [0.1, 0.15) is 135 Å². The highest BCUT2D eigenvalue weighted by Gasteiger charge is 2.61. The van der Waals surface area contributed by atoms with Gasteiger partial charge in [-0.15, -0.1) is 0 Å². The zero-order valence-corrected chi connectivity index (χ0v) is 37.8. The average molecular weight is 819 g/mol. The molecular formula is C55H78O5. The van der Waals surface area contributed by atoms with Crippen LogP contribution >= 0.6 is 0 Å². The van der Waals surface area contributed by atoms with Crippen molar-refractivity contribution < 1.29 is 24.1 Å². The maximum Gasteiger partial charge on any atom is 0.115 e. The van der Waals surface area contributed by atoms with Gasteiger partial charge in [0, 0.05) is 0 Å². The van der Waals surface area contributed by atoms with Crippen LogP contribution in [0.25, 0.3) is 0 Å². The van der Waals surface area contributed by atoms with Crippen molar-refractivity contribution in [1.82, 2.24) is 0 Å². The second-order valence-corrected chi connectivity index (χ2v) is 21.3. The Morgan fingerprint density at radius 2 is 1.25 bits per heavy atom. The summed E-state index contributed by atoms with van der Waals surface area (Å²) in [6.45, 7) is 14.5. The zero-order chi connectivity index (χ0) is 41.7. The van der Waals surface area contributed by atoms with E-state index in [1.165, 1.54) is 77.0 Å². The average Bonchev–Trinajstić information content (AvgIpc) is 3.62. The molecule has 14 atom stereocenters. The normalized spacial score (nSPS) is 37.0. The summed E-state index contributed by atoms with van der Waals surface area (Å²) in [5.41, 5.74) is 4.27. The molecular weight excluding hydrogens is 741 g/mol. The van der Waals surface area contributed by atoms with Gasteiger partial charge >= 0.3 is 0 Å². The molecule has 0 spiro atoms. The van der Waals surface area contributed by atoms with Gasteiger partial charge in [0.05, 0.1) is 32.5 Å². The highest BCUT2D eigenvalue weighted by atomic mass is 16.6. The maximum atomic E-state index is 12.3. The SMILES string of the molecule is CC(C)CCC[C@@H](C)[C@H]1CCC2C3CCC4C[C@@H](C[C@@H]5OC(COCc6ccccc6)[C@@H](OCc6ccccc6)C(OCc6ccccc6)C5O)CC[C@]4(C)C3CC[C@@]21C. The van der Waals surface area contributed by atoms with Crippen molar-refractivity contribution in [3.63, 3.8) is 0 Å². The van der Waals surface area contributed by atoms with E-state index < -0.39 is 18.3 Å². The third kappa shape index (κ3) is 9.81. The topological polar surface area (TPSA) is 57.2 Å². The van der Waals surface area contributed by atoms with E-state index in [1.54, 1.807) is 0 Å². The molecule has 5 heteroatoms. The minimum Gasteiger partial charge on any atom is -0.388 e. The van der Waals surface area contributed by atoms with Crippen molar-refractivity contribution in [2.75, 3.05) is 6.61 Å². The Morgan fingerprint density at radius 3 is 1.90 bits per heavy atom. The summed E-state index contributed by atoms with van der Waals surface area (Å²) in [6, 6.07) is 30.9. The Bertz CT molecular complexity index is 1730. The Balaban J connectivity index is 0.950. The maximum absolute atomic E-state index is 12.3. The van der Waals surface area contributed by atoms with Gasteiger partial charge < -0.3 is 24.1 Å². The summed E-state index contributed by atoms with van der Waals surface area (Å²) in [5, 5.41) is 12.3. The standard InChI is InChI=1S/C55H78O5/c1-38(2)16-15-17-39(3)46-26-27-47-45-25-24-44-32-43(28-30-54(44,4)48(45)29-31-55(46,47)5)33-49-51(56)53(59-36-42-22-13-8-14-23-42)52(58-35-41-20-11-7-12-21-41)50(60-49)37-57-34-40-18-9-6-10-19-40/h6-14,18-23,38-39,43-53,56H,15-17,24-37H2,1-5H3/t39-,43+,44?,45?,46-,47?,48?,49+,50?,51?,52-,53?,54+,55-/m1/s1. The van der Waals surface area contributed by atoms with Gasteiger partial charge in [-0.2, -0.15) is 0 Å². The summed E-state index contributed by atoms with van der Waals surface area (Å²) in [6.07, 6.45) is 14.9. The van der Waals surface area contributed by atoms with Gasteiger partial charge in [0.2, 0.25) is 0 Å². The van der Waals surface area contributed by atoms with Gasteiger partial charge in [-0.05, 0) is 139 Å². The number of rotatable bonds is 17. The van der Waals surface area contributed by atoms with Crippen LogP contribution in [0, 0.1) is 58.2 Å². The molecule has 1 saturated heterocycles. The third-order valence-corrected chi connectivity index (χ3v) is 17.3. The first kappa shape index (κ1) is 44.1. The lowest BCUT2D eigenvalue weighted by atomic mass is 9.44. The minimum atomic E-state index is -0.803. The molecule has 0 aromatic heterocycles. The number of aliphatic hydroxyl groups is 1. The molecule has 5 aliphatic rings. The van der Waals surface area contributed by atoms with Crippen LogP contribution in [0.5, 0.6) is 0 Å². The fraction of sp³-hybridized carbons (Fsp3) is 0.673. The number of hydrogen-bond donors (Lipinski definition) is 1. The van der Waals surface area contributed by atoms with Crippen LogP contribution in [0.15, 0.2) is 91.0 Å². The lowest BCUT2D eigenvalue weighted by Gasteiger charge is -2.61.